The molecule has 2 heterocycles. The van der Waals surface area contributed by atoms with Crippen LogP contribution in [0.1, 0.15) is 16.2 Å². The zero-order valence-electron chi connectivity index (χ0n) is 11.2. The molecule has 2 rings (SSSR count). The van der Waals surface area contributed by atoms with Gasteiger partial charge in [-0.3, -0.25) is 4.79 Å². The first-order valence-electron chi connectivity index (χ1n) is 6.01. The predicted molar refractivity (Wildman–Crippen MR) is 70.3 cm³/mol. The zero-order valence-corrected chi connectivity index (χ0v) is 11.2. The molecule has 0 spiro atoms. The minimum Gasteiger partial charge on any atom is -0.467 e. The Balaban J connectivity index is 2.08. The maximum Gasteiger partial charge on any atom is 0.336 e. The molecule has 2 aromatic rings. The number of pyridine rings is 1. The Morgan fingerprint density at radius 1 is 1.50 bits per heavy atom. The summed E-state index contributed by atoms with van der Waals surface area (Å²) in [5.74, 6) is -1.26. The number of nitrogens with one attached hydrogen (secondary N) is 1. The van der Waals surface area contributed by atoms with Gasteiger partial charge in [0.2, 0.25) is 0 Å². The minimum atomic E-state index is -1.39. The van der Waals surface area contributed by atoms with Gasteiger partial charge in [-0.2, -0.15) is 0 Å². The van der Waals surface area contributed by atoms with Crippen LogP contribution in [0, 0.1) is 6.92 Å². The Kier molecular flexibility index (Phi) is 3.99. The van der Waals surface area contributed by atoms with Crippen LogP contribution in [0.15, 0.2) is 24.4 Å². The van der Waals surface area contributed by atoms with Crippen molar-refractivity contribution in [2.75, 3.05) is 13.7 Å². The number of rotatable bonds is 4. The van der Waals surface area contributed by atoms with E-state index in [0.717, 1.165) is 12.8 Å². The van der Waals surface area contributed by atoms with Crippen LogP contribution in [0.5, 0.6) is 0 Å². The molecule has 2 aromatic heterocycles. The predicted octanol–water partition coefficient (Wildman–Crippen LogP) is -0.0936. The van der Waals surface area contributed by atoms with Gasteiger partial charge in [0.25, 0.3) is 5.91 Å². The molecule has 0 fully saturated rings. The number of nitrogens with zero attached hydrogens (tertiary/aromatic N) is 2. The van der Waals surface area contributed by atoms with Crippen LogP contribution >= 0.6 is 0 Å². The lowest BCUT2D eigenvalue weighted by atomic mass is 10.3. The number of amides is 1. The Labute approximate surface area is 115 Å². The Bertz CT molecular complexity index is 650. The smallest absolute Gasteiger partial charge is 0.336 e. The summed E-state index contributed by atoms with van der Waals surface area (Å²) in [6, 6.07) is 5.53. The summed E-state index contributed by atoms with van der Waals surface area (Å²) in [7, 11) is 1.16. The van der Waals surface area contributed by atoms with E-state index in [-0.39, 0.29) is 12.2 Å². The number of aliphatic hydroxyl groups is 1. The molecule has 0 saturated carbocycles. The molecule has 0 aliphatic rings. The molecule has 20 heavy (non-hydrogen) atoms. The van der Waals surface area contributed by atoms with E-state index in [1.807, 2.05) is 19.1 Å². The van der Waals surface area contributed by atoms with Crippen LogP contribution in [-0.2, 0) is 9.53 Å². The van der Waals surface area contributed by atoms with Crippen molar-refractivity contribution < 1.29 is 19.4 Å². The first kappa shape index (κ1) is 14.0. The Morgan fingerprint density at radius 3 is 2.90 bits per heavy atom. The van der Waals surface area contributed by atoms with Crippen LogP contribution in [0.25, 0.3) is 5.65 Å². The Morgan fingerprint density at radius 2 is 2.25 bits per heavy atom. The van der Waals surface area contributed by atoms with E-state index in [4.69, 9.17) is 0 Å². The van der Waals surface area contributed by atoms with Crippen LogP contribution < -0.4 is 5.32 Å². The third-order valence-corrected chi connectivity index (χ3v) is 2.86. The first-order valence-corrected chi connectivity index (χ1v) is 6.01. The van der Waals surface area contributed by atoms with Crippen LogP contribution in [-0.4, -0.2) is 46.1 Å². The SMILES string of the molecule is COC(=O)C(O)CNC(=O)c1cn2c(C)cccc2n1. The van der Waals surface area contributed by atoms with E-state index in [9.17, 15) is 14.7 Å². The lowest BCUT2D eigenvalue weighted by Gasteiger charge is -2.08. The second-order valence-corrected chi connectivity index (χ2v) is 4.27. The fourth-order valence-electron chi connectivity index (χ4n) is 1.76. The van der Waals surface area contributed by atoms with Gasteiger partial charge in [0.05, 0.1) is 13.7 Å². The number of carbonyl (C=O) groups excluding carboxylic acids is 2. The maximum absolute atomic E-state index is 11.9. The van der Waals surface area contributed by atoms with E-state index >= 15 is 0 Å². The molecule has 106 valence electrons. The highest BCUT2D eigenvalue weighted by atomic mass is 16.5. The number of aryl methyl sites for hydroxylation is 1. The van der Waals surface area contributed by atoms with E-state index in [0.29, 0.717) is 5.65 Å². The molecule has 1 amide bonds. The second-order valence-electron chi connectivity index (χ2n) is 4.27. The van der Waals surface area contributed by atoms with Gasteiger partial charge in [0.1, 0.15) is 11.3 Å². The fourth-order valence-corrected chi connectivity index (χ4v) is 1.76. The molecule has 0 aliphatic heterocycles. The number of hydrogen-bond acceptors (Lipinski definition) is 5. The highest BCUT2D eigenvalue weighted by molar-refractivity contribution is 5.93. The highest BCUT2D eigenvalue weighted by Crippen LogP contribution is 2.08. The van der Waals surface area contributed by atoms with Crippen molar-refractivity contribution in [1.29, 1.82) is 0 Å². The molecule has 7 nitrogen and oxygen atoms in total. The number of ether oxygens (including phenoxy) is 1. The topological polar surface area (TPSA) is 92.9 Å². The monoisotopic (exact) mass is 277 g/mol. The van der Waals surface area contributed by atoms with E-state index in [1.165, 1.54) is 0 Å². The highest BCUT2D eigenvalue weighted by Gasteiger charge is 2.18. The molecule has 1 unspecified atom stereocenters. The van der Waals surface area contributed by atoms with Crippen molar-refractivity contribution in [2.45, 2.75) is 13.0 Å². The molecular weight excluding hydrogens is 262 g/mol. The van der Waals surface area contributed by atoms with Crippen LogP contribution in [0.2, 0.25) is 0 Å². The van der Waals surface area contributed by atoms with Gasteiger partial charge in [-0.1, -0.05) is 6.07 Å². The molecule has 0 radical (unpaired) electrons. The number of imidazole rings is 1. The lowest BCUT2D eigenvalue weighted by Crippen LogP contribution is -2.37. The minimum absolute atomic E-state index is 0.219. The summed E-state index contributed by atoms with van der Waals surface area (Å²) in [6.07, 6.45) is 0.215. The molecule has 7 heteroatoms. The van der Waals surface area contributed by atoms with E-state index < -0.39 is 18.0 Å². The van der Waals surface area contributed by atoms with Crippen LogP contribution in [0.4, 0.5) is 0 Å². The van der Waals surface area contributed by atoms with Crippen molar-refractivity contribution in [1.82, 2.24) is 14.7 Å². The molecule has 0 aromatic carbocycles. The van der Waals surface area contributed by atoms with E-state index in [2.05, 4.69) is 15.0 Å². The van der Waals surface area contributed by atoms with Gasteiger partial charge in [0, 0.05) is 11.9 Å². The number of fused-ring (bicyclic) bond motifs is 1. The van der Waals surface area contributed by atoms with Crippen molar-refractivity contribution in [2.24, 2.45) is 0 Å². The molecule has 1 atom stereocenters. The number of methoxy groups -OCH3 is 1. The zero-order chi connectivity index (χ0) is 14.7. The van der Waals surface area contributed by atoms with Gasteiger partial charge in [-0.15, -0.1) is 0 Å². The summed E-state index contributed by atoms with van der Waals surface area (Å²) < 4.78 is 6.14. The summed E-state index contributed by atoms with van der Waals surface area (Å²) >= 11 is 0. The van der Waals surface area contributed by atoms with E-state index in [1.54, 1.807) is 16.7 Å². The quantitative estimate of drug-likeness (QED) is 0.762. The number of aliphatic hydroxyl groups excluding tert-OH is 1. The average Bonchev–Trinajstić information content (AvgIpc) is 2.89. The number of carbonyl (C=O) groups is 2. The number of hydrogen-bond donors (Lipinski definition) is 2. The second kappa shape index (κ2) is 5.70. The molecular formula is C13H15N3O4. The lowest BCUT2D eigenvalue weighted by molar-refractivity contribution is -0.149. The fraction of sp³-hybridized carbons (Fsp3) is 0.308. The van der Waals surface area contributed by atoms with Crippen molar-refractivity contribution in [3.05, 3.63) is 35.8 Å². The van der Waals surface area contributed by atoms with Gasteiger partial charge in [0.15, 0.2) is 6.10 Å². The molecule has 0 bridgehead atoms. The van der Waals surface area contributed by atoms with Gasteiger partial charge in [-0.25, -0.2) is 9.78 Å². The summed E-state index contributed by atoms with van der Waals surface area (Å²) in [6.45, 7) is 1.68. The third-order valence-electron chi connectivity index (χ3n) is 2.86. The summed E-state index contributed by atoms with van der Waals surface area (Å²) in [4.78, 5) is 27.1. The summed E-state index contributed by atoms with van der Waals surface area (Å²) in [5.41, 5.74) is 1.82. The molecule has 0 saturated heterocycles. The average molecular weight is 277 g/mol. The first-order chi connectivity index (χ1) is 9.52. The van der Waals surface area contributed by atoms with Gasteiger partial charge in [-0.05, 0) is 19.1 Å². The van der Waals surface area contributed by atoms with Gasteiger partial charge >= 0.3 is 5.97 Å². The molecule has 2 N–H and O–H groups in total. The third kappa shape index (κ3) is 2.77. The largest absolute Gasteiger partial charge is 0.467 e. The number of esters is 1. The summed E-state index contributed by atoms with van der Waals surface area (Å²) in [5, 5.41) is 11.8. The van der Waals surface area contributed by atoms with Crippen molar-refractivity contribution in [3.8, 4) is 0 Å². The maximum atomic E-state index is 11.9. The Hall–Kier alpha value is -2.41. The van der Waals surface area contributed by atoms with Gasteiger partial charge < -0.3 is 19.6 Å². The standard InChI is InChI=1S/C13H15N3O4/c1-8-4-3-5-11-15-9(7-16(8)11)12(18)14-6-10(17)13(19)20-2/h3-5,7,10,17H,6H2,1-2H3,(H,14,18). The number of aromatic nitrogens is 2. The normalized spacial score (nSPS) is 12.2. The van der Waals surface area contributed by atoms with Crippen molar-refractivity contribution in [3.63, 3.8) is 0 Å². The van der Waals surface area contributed by atoms with Crippen LogP contribution in [0.3, 0.4) is 0 Å². The van der Waals surface area contributed by atoms with Crippen molar-refractivity contribution >= 4 is 17.5 Å². The molecule has 0 aliphatic carbocycles.